The number of ether oxygens (including phenoxy) is 1. The number of rotatable bonds is 8. The summed E-state index contributed by atoms with van der Waals surface area (Å²) >= 11 is 1.77. The molecule has 0 atom stereocenters. The minimum atomic E-state index is -0.835. The van der Waals surface area contributed by atoms with Gasteiger partial charge < -0.3 is 14.7 Å². The number of anilines is 1. The predicted octanol–water partition coefficient (Wildman–Crippen LogP) is 5.39. The lowest BCUT2D eigenvalue weighted by atomic mass is 9.90. The molecule has 5 nitrogen and oxygen atoms in total. The second-order valence-corrected chi connectivity index (χ2v) is 9.62. The normalized spacial score (nSPS) is 14.5. The zero-order valence-electron chi connectivity index (χ0n) is 18.7. The number of hydrogen-bond acceptors (Lipinski definition) is 5. The smallest absolute Gasteiger partial charge is 0.307 e. The molecule has 32 heavy (non-hydrogen) atoms. The molecule has 2 aromatic carbocycles. The SMILES string of the molecule is Cc1ccc(CC(=O)O)cc1OCCc1nc(N2CCC(c3ccccc3)CC2)sc1C. The van der Waals surface area contributed by atoms with Crippen LogP contribution in [0.5, 0.6) is 5.75 Å². The van der Waals surface area contributed by atoms with Gasteiger partial charge in [-0.05, 0) is 55.4 Å². The van der Waals surface area contributed by atoms with Gasteiger partial charge in [0.1, 0.15) is 5.75 Å². The Morgan fingerprint density at radius 3 is 2.62 bits per heavy atom. The van der Waals surface area contributed by atoms with Gasteiger partial charge in [0.25, 0.3) is 0 Å². The third kappa shape index (κ3) is 5.49. The van der Waals surface area contributed by atoms with Gasteiger partial charge in [0.2, 0.25) is 0 Å². The first-order valence-electron chi connectivity index (χ1n) is 11.2. The fourth-order valence-electron chi connectivity index (χ4n) is 4.25. The van der Waals surface area contributed by atoms with Crippen LogP contribution in [0.1, 0.15) is 46.0 Å². The van der Waals surface area contributed by atoms with Crippen LogP contribution in [-0.2, 0) is 17.6 Å². The highest BCUT2D eigenvalue weighted by molar-refractivity contribution is 7.15. The van der Waals surface area contributed by atoms with E-state index in [0.717, 1.165) is 60.1 Å². The zero-order chi connectivity index (χ0) is 22.5. The Hall–Kier alpha value is -2.86. The number of carboxylic acids is 1. The second-order valence-electron chi connectivity index (χ2n) is 8.44. The third-order valence-corrected chi connectivity index (χ3v) is 7.20. The third-order valence-electron chi connectivity index (χ3n) is 6.12. The number of aromatic nitrogens is 1. The van der Waals surface area contributed by atoms with E-state index in [1.807, 2.05) is 25.1 Å². The first-order valence-corrected chi connectivity index (χ1v) is 12.0. The molecular weight excluding hydrogens is 420 g/mol. The van der Waals surface area contributed by atoms with Gasteiger partial charge in [-0.25, -0.2) is 4.98 Å². The molecule has 0 amide bonds. The fraction of sp³-hybridized carbons (Fsp3) is 0.385. The summed E-state index contributed by atoms with van der Waals surface area (Å²) in [5.41, 5.74) is 4.30. The topological polar surface area (TPSA) is 62.7 Å². The van der Waals surface area contributed by atoms with Crippen LogP contribution in [0.15, 0.2) is 48.5 Å². The first kappa shape index (κ1) is 22.3. The lowest BCUT2D eigenvalue weighted by molar-refractivity contribution is -0.136. The van der Waals surface area contributed by atoms with Crippen LogP contribution in [0.2, 0.25) is 0 Å². The van der Waals surface area contributed by atoms with Crippen molar-refractivity contribution in [2.24, 2.45) is 0 Å². The van der Waals surface area contributed by atoms with Crippen LogP contribution in [0.4, 0.5) is 5.13 Å². The van der Waals surface area contributed by atoms with Crippen molar-refractivity contribution in [1.29, 1.82) is 0 Å². The monoisotopic (exact) mass is 450 g/mol. The number of aliphatic carboxylic acids is 1. The largest absolute Gasteiger partial charge is 0.493 e. The van der Waals surface area contributed by atoms with E-state index in [9.17, 15) is 4.79 Å². The molecule has 1 aromatic heterocycles. The molecule has 1 N–H and O–H groups in total. The Bertz CT molecular complexity index is 1060. The highest BCUT2D eigenvalue weighted by Crippen LogP contribution is 2.33. The van der Waals surface area contributed by atoms with E-state index < -0.39 is 5.97 Å². The average Bonchev–Trinajstić information content (AvgIpc) is 3.17. The number of carboxylic acid groups (broad SMARTS) is 1. The minimum Gasteiger partial charge on any atom is -0.493 e. The Morgan fingerprint density at radius 2 is 1.91 bits per heavy atom. The summed E-state index contributed by atoms with van der Waals surface area (Å²) in [7, 11) is 0. The van der Waals surface area contributed by atoms with Crippen LogP contribution in [0.25, 0.3) is 0 Å². The van der Waals surface area contributed by atoms with E-state index in [0.29, 0.717) is 12.5 Å². The number of piperidine rings is 1. The van der Waals surface area contributed by atoms with Gasteiger partial charge >= 0.3 is 5.97 Å². The first-order chi connectivity index (χ1) is 15.5. The van der Waals surface area contributed by atoms with Crippen LogP contribution >= 0.6 is 11.3 Å². The van der Waals surface area contributed by atoms with Crippen molar-refractivity contribution in [2.45, 2.75) is 45.4 Å². The van der Waals surface area contributed by atoms with E-state index in [1.165, 1.54) is 10.4 Å². The number of nitrogens with zero attached hydrogens (tertiary/aromatic N) is 2. The molecule has 0 saturated carbocycles. The average molecular weight is 451 g/mol. The summed E-state index contributed by atoms with van der Waals surface area (Å²) in [6, 6.07) is 16.4. The molecule has 0 unspecified atom stereocenters. The number of benzene rings is 2. The molecule has 1 aliphatic rings. The van der Waals surface area contributed by atoms with Crippen molar-refractivity contribution in [3.63, 3.8) is 0 Å². The Labute approximate surface area is 193 Å². The highest BCUT2D eigenvalue weighted by atomic mass is 32.1. The molecule has 1 fully saturated rings. The van der Waals surface area contributed by atoms with E-state index in [-0.39, 0.29) is 6.42 Å². The van der Waals surface area contributed by atoms with E-state index in [2.05, 4.69) is 42.2 Å². The summed E-state index contributed by atoms with van der Waals surface area (Å²) < 4.78 is 5.99. The highest BCUT2D eigenvalue weighted by Gasteiger charge is 2.23. The molecule has 168 valence electrons. The van der Waals surface area contributed by atoms with E-state index >= 15 is 0 Å². The standard InChI is InChI=1S/C26H30N2O3S/c1-18-8-9-20(17-25(29)30)16-24(18)31-15-12-23-19(2)32-26(27-23)28-13-10-22(11-14-28)21-6-4-3-5-7-21/h3-9,16,22H,10-15,17H2,1-2H3,(H,29,30). The molecule has 0 bridgehead atoms. The summed E-state index contributed by atoms with van der Waals surface area (Å²) in [4.78, 5) is 19.6. The number of hydrogen-bond donors (Lipinski definition) is 1. The number of aryl methyl sites for hydroxylation is 2. The summed E-state index contributed by atoms with van der Waals surface area (Å²) in [6.07, 6.45) is 3.07. The summed E-state index contributed by atoms with van der Waals surface area (Å²) in [5.74, 6) is 0.555. The molecule has 1 saturated heterocycles. The fourth-order valence-corrected chi connectivity index (χ4v) is 5.26. The van der Waals surface area contributed by atoms with Crippen molar-refractivity contribution in [1.82, 2.24) is 4.98 Å². The van der Waals surface area contributed by atoms with Gasteiger partial charge in [-0.3, -0.25) is 4.79 Å². The van der Waals surface area contributed by atoms with Crippen molar-refractivity contribution < 1.29 is 14.6 Å². The summed E-state index contributed by atoms with van der Waals surface area (Å²) in [5, 5.41) is 10.1. The van der Waals surface area contributed by atoms with Crippen LogP contribution in [-0.4, -0.2) is 35.8 Å². The molecule has 2 heterocycles. The van der Waals surface area contributed by atoms with Crippen LogP contribution in [0.3, 0.4) is 0 Å². The zero-order valence-corrected chi connectivity index (χ0v) is 19.5. The Kier molecular flexibility index (Phi) is 7.10. The van der Waals surface area contributed by atoms with Gasteiger partial charge in [-0.2, -0.15) is 0 Å². The molecule has 0 spiro atoms. The lowest BCUT2D eigenvalue weighted by Crippen LogP contribution is -2.32. The maximum Gasteiger partial charge on any atom is 0.307 e. The van der Waals surface area contributed by atoms with Gasteiger partial charge in [-0.1, -0.05) is 42.5 Å². The van der Waals surface area contributed by atoms with Crippen molar-refractivity contribution in [3.05, 3.63) is 75.8 Å². The van der Waals surface area contributed by atoms with Crippen LogP contribution in [0, 0.1) is 13.8 Å². The van der Waals surface area contributed by atoms with Gasteiger partial charge in [0.15, 0.2) is 5.13 Å². The van der Waals surface area contributed by atoms with E-state index in [1.54, 1.807) is 11.3 Å². The quantitative estimate of drug-likeness (QED) is 0.498. The van der Waals surface area contributed by atoms with Crippen molar-refractivity contribution >= 4 is 22.4 Å². The molecule has 3 aromatic rings. The molecular formula is C26H30N2O3S. The second kappa shape index (κ2) is 10.2. The van der Waals surface area contributed by atoms with Gasteiger partial charge in [0.05, 0.1) is 18.7 Å². The number of thiazole rings is 1. The lowest BCUT2D eigenvalue weighted by Gasteiger charge is -2.32. The minimum absolute atomic E-state index is 0.00611. The molecule has 0 aliphatic carbocycles. The summed E-state index contributed by atoms with van der Waals surface area (Å²) in [6.45, 7) is 6.71. The predicted molar refractivity (Wildman–Crippen MR) is 129 cm³/mol. The maximum atomic E-state index is 11.0. The Balaban J connectivity index is 1.32. The van der Waals surface area contributed by atoms with Gasteiger partial charge in [-0.15, -0.1) is 11.3 Å². The maximum absolute atomic E-state index is 11.0. The van der Waals surface area contributed by atoms with Crippen LogP contribution < -0.4 is 9.64 Å². The number of carbonyl (C=O) groups is 1. The molecule has 0 radical (unpaired) electrons. The van der Waals surface area contributed by atoms with E-state index in [4.69, 9.17) is 14.8 Å². The molecule has 1 aliphatic heterocycles. The van der Waals surface area contributed by atoms with Crippen molar-refractivity contribution in [3.8, 4) is 5.75 Å². The van der Waals surface area contributed by atoms with Gasteiger partial charge in [0, 0.05) is 24.4 Å². The van der Waals surface area contributed by atoms with Crippen molar-refractivity contribution in [2.75, 3.05) is 24.6 Å². The molecule has 6 heteroatoms. The molecule has 4 rings (SSSR count). The Morgan fingerprint density at radius 1 is 1.16 bits per heavy atom.